The van der Waals surface area contributed by atoms with Crippen LogP contribution in [0.5, 0.6) is 17.2 Å². The maximum Gasteiger partial charge on any atom is 0.167 e. The second-order valence-corrected chi connectivity index (χ2v) is 5.43. The van der Waals surface area contributed by atoms with Gasteiger partial charge in [0.15, 0.2) is 11.5 Å². The third-order valence-electron chi connectivity index (χ3n) is 3.77. The molecule has 1 aliphatic rings. The van der Waals surface area contributed by atoms with Crippen molar-refractivity contribution >= 4 is 11.6 Å². The molecule has 0 radical (unpaired) electrons. The van der Waals surface area contributed by atoms with E-state index in [1.165, 1.54) is 12.8 Å². The molecule has 0 aliphatic carbocycles. The van der Waals surface area contributed by atoms with Crippen molar-refractivity contribution in [3.63, 3.8) is 0 Å². The van der Waals surface area contributed by atoms with Gasteiger partial charge >= 0.3 is 0 Å². The van der Waals surface area contributed by atoms with E-state index in [0.29, 0.717) is 22.4 Å². The lowest BCUT2D eigenvalue weighted by atomic mass is 9.91. The largest absolute Gasteiger partial charge is 0.495 e. The molecule has 0 aromatic heterocycles. The van der Waals surface area contributed by atoms with Crippen LogP contribution >= 0.6 is 11.6 Å². The summed E-state index contributed by atoms with van der Waals surface area (Å²) < 4.78 is 16.4. The second-order valence-electron chi connectivity index (χ2n) is 5.02. The lowest BCUT2D eigenvalue weighted by molar-refractivity contribution is 0.329. The van der Waals surface area contributed by atoms with Gasteiger partial charge in [-0.1, -0.05) is 11.6 Å². The van der Waals surface area contributed by atoms with Crippen LogP contribution in [0.2, 0.25) is 5.02 Å². The Morgan fingerprint density at radius 1 is 1.20 bits per heavy atom. The second kappa shape index (κ2) is 7.04. The number of halogens is 1. The molecule has 1 fully saturated rings. The van der Waals surface area contributed by atoms with E-state index in [-0.39, 0.29) is 0 Å². The molecule has 112 valence electrons. The lowest BCUT2D eigenvalue weighted by Gasteiger charge is -2.25. The molecule has 1 atom stereocenters. The van der Waals surface area contributed by atoms with Crippen molar-refractivity contribution in [1.82, 2.24) is 5.32 Å². The van der Waals surface area contributed by atoms with E-state index in [1.807, 2.05) is 0 Å². The Morgan fingerprint density at radius 2 is 1.95 bits per heavy atom. The minimum Gasteiger partial charge on any atom is -0.495 e. The zero-order chi connectivity index (χ0) is 14.5. The molecule has 0 amide bonds. The number of ether oxygens (including phenoxy) is 3. The molecule has 2 rings (SSSR count). The van der Waals surface area contributed by atoms with E-state index in [0.717, 1.165) is 30.8 Å². The predicted molar refractivity (Wildman–Crippen MR) is 80.4 cm³/mol. The van der Waals surface area contributed by atoms with Gasteiger partial charge < -0.3 is 19.5 Å². The highest BCUT2D eigenvalue weighted by molar-refractivity contribution is 6.32. The summed E-state index contributed by atoms with van der Waals surface area (Å²) >= 11 is 6.28. The topological polar surface area (TPSA) is 39.7 Å². The Kier molecular flexibility index (Phi) is 5.38. The molecule has 1 aliphatic heterocycles. The van der Waals surface area contributed by atoms with Crippen LogP contribution in [0.1, 0.15) is 18.4 Å². The normalized spacial score (nSPS) is 18.7. The number of methoxy groups -OCH3 is 3. The molecular weight excluding hydrogens is 278 g/mol. The first kappa shape index (κ1) is 15.3. The van der Waals surface area contributed by atoms with Gasteiger partial charge in [0, 0.05) is 11.6 Å². The minimum atomic E-state index is 0.559. The smallest absolute Gasteiger partial charge is 0.167 e. The van der Waals surface area contributed by atoms with Crippen molar-refractivity contribution in [1.29, 1.82) is 0 Å². The zero-order valence-electron chi connectivity index (χ0n) is 12.3. The fourth-order valence-corrected chi connectivity index (χ4v) is 3.10. The van der Waals surface area contributed by atoms with E-state index >= 15 is 0 Å². The molecule has 1 N–H and O–H groups in total. The summed E-state index contributed by atoms with van der Waals surface area (Å²) in [7, 11) is 4.90. The van der Waals surface area contributed by atoms with Gasteiger partial charge in [0.1, 0.15) is 5.75 Å². The molecule has 1 unspecified atom stereocenters. The number of piperidine rings is 1. The standard InChI is InChI=1S/C15H22ClNO3/c1-18-13-8-12(16)14(19-2)11(15(13)20-3)7-10-5-4-6-17-9-10/h8,10,17H,4-7,9H2,1-3H3. The Bertz CT molecular complexity index is 459. The van der Waals surface area contributed by atoms with Crippen molar-refractivity contribution in [2.24, 2.45) is 5.92 Å². The average molecular weight is 300 g/mol. The van der Waals surface area contributed by atoms with Crippen molar-refractivity contribution in [2.45, 2.75) is 19.3 Å². The summed E-state index contributed by atoms with van der Waals surface area (Å²) in [5.74, 6) is 2.63. The molecule has 5 heteroatoms. The Balaban J connectivity index is 2.38. The van der Waals surface area contributed by atoms with E-state index in [4.69, 9.17) is 25.8 Å². The SMILES string of the molecule is COc1cc(Cl)c(OC)c(CC2CCCNC2)c1OC. The lowest BCUT2D eigenvalue weighted by Crippen LogP contribution is -2.31. The average Bonchev–Trinajstić information content (AvgIpc) is 2.48. The van der Waals surface area contributed by atoms with E-state index < -0.39 is 0 Å². The molecule has 1 saturated heterocycles. The number of benzene rings is 1. The van der Waals surface area contributed by atoms with Crippen LogP contribution in [-0.4, -0.2) is 34.4 Å². The fourth-order valence-electron chi connectivity index (χ4n) is 2.81. The van der Waals surface area contributed by atoms with Gasteiger partial charge in [0.25, 0.3) is 0 Å². The van der Waals surface area contributed by atoms with Crippen molar-refractivity contribution in [3.8, 4) is 17.2 Å². The molecular formula is C15H22ClNO3. The van der Waals surface area contributed by atoms with Crippen LogP contribution in [0, 0.1) is 5.92 Å². The minimum absolute atomic E-state index is 0.559. The summed E-state index contributed by atoms with van der Waals surface area (Å²) in [5, 5.41) is 3.99. The number of hydrogen-bond acceptors (Lipinski definition) is 4. The number of rotatable bonds is 5. The molecule has 0 spiro atoms. The quantitative estimate of drug-likeness (QED) is 0.907. The molecule has 1 aromatic rings. The first-order valence-corrected chi connectivity index (χ1v) is 7.27. The van der Waals surface area contributed by atoms with Gasteiger partial charge in [-0.25, -0.2) is 0 Å². The van der Waals surface area contributed by atoms with Crippen LogP contribution in [0.25, 0.3) is 0 Å². The van der Waals surface area contributed by atoms with E-state index in [9.17, 15) is 0 Å². The molecule has 0 bridgehead atoms. The van der Waals surface area contributed by atoms with Crippen molar-refractivity contribution in [2.75, 3.05) is 34.4 Å². The summed E-state index contributed by atoms with van der Waals surface area (Å²) in [5.41, 5.74) is 0.994. The molecule has 0 saturated carbocycles. The van der Waals surface area contributed by atoms with Crippen LogP contribution < -0.4 is 19.5 Å². The highest BCUT2D eigenvalue weighted by atomic mass is 35.5. The van der Waals surface area contributed by atoms with Crippen LogP contribution in [0.15, 0.2) is 6.07 Å². The van der Waals surface area contributed by atoms with Gasteiger partial charge in [-0.15, -0.1) is 0 Å². The Labute approximate surface area is 125 Å². The third-order valence-corrected chi connectivity index (χ3v) is 4.05. The molecule has 1 heterocycles. The zero-order valence-corrected chi connectivity index (χ0v) is 13.0. The van der Waals surface area contributed by atoms with Gasteiger partial charge in [0.2, 0.25) is 0 Å². The van der Waals surface area contributed by atoms with Gasteiger partial charge in [-0.2, -0.15) is 0 Å². The summed E-state index contributed by atoms with van der Waals surface area (Å²) in [4.78, 5) is 0. The molecule has 4 nitrogen and oxygen atoms in total. The van der Waals surface area contributed by atoms with Crippen LogP contribution in [0.3, 0.4) is 0 Å². The summed E-state index contributed by atoms with van der Waals surface area (Å²) in [6, 6.07) is 1.74. The molecule has 1 aromatic carbocycles. The third kappa shape index (κ3) is 3.13. The monoisotopic (exact) mass is 299 g/mol. The van der Waals surface area contributed by atoms with Gasteiger partial charge in [-0.3, -0.25) is 0 Å². The number of nitrogens with one attached hydrogen (secondary N) is 1. The van der Waals surface area contributed by atoms with Gasteiger partial charge in [0.05, 0.1) is 26.4 Å². The van der Waals surface area contributed by atoms with E-state index in [1.54, 1.807) is 27.4 Å². The summed E-state index contributed by atoms with van der Waals surface area (Å²) in [6.07, 6.45) is 3.28. The Hall–Kier alpha value is -1.13. The summed E-state index contributed by atoms with van der Waals surface area (Å²) in [6.45, 7) is 2.12. The predicted octanol–water partition coefficient (Wildman–Crippen LogP) is 2.91. The first-order chi connectivity index (χ1) is 9.71. The highest BCUT2D eigenvalue weighted by Crippen LogP contribution is 2.44. The number of hydrogen-bond donors (Lipinski definition) is 1. The Morgan fingerprint density at radius 3 is 2.50 bits per heavy atom. The fraction of sp³-hybridized carbons (Fsp3) is 0.600. The first-order valence-electron chi connectivity index (χ1n) is 6.89. The van der Waals surface area contributed by atoms with Crippen LogP contribution in [-0.2, 0) is 6.42 Å². The molecule has 20 heavy (non-hydrogen) atoms. The van der Waals surface area contributed by atoms with Crippen molar-refractivity contribution in [3.05, 3.63) is 16.7 Å². The van der Waals surface area contributed by atoms with Gasteiger partial charge in [-0.05, 0) is 38.3 Å². The highest BCUT2D eigenvalue weighted by Gasteiger charge is 2.23. The maximum absolute atomic E-state index is 6.28. The maximum atomic E-state index is 6.28. The van der Waals surface area contributed by atoms with Crippen LogP contribution in [0.4, 0.5) is 0 Å². The van der Waals surface area contributed by atoms with E-state index in [2.05, 4.69) is 5.32 Å². The van der Waals surface area contributed by atoms with Crippen molar-refractivity contribution < 1.29 is 14.2 Å².